The topological polar surface area (TPSA) is 50.9 Å². The highest BCUT2D eigenvalue weighted by Crippen LogP contribution is 2.10. The van der Waals surface area contributed by atoms with Gasteiger partial charge in [0, 0.05) is 18.1 Å². The van der Waals surface area contributed by atoms with E-state index in [-0.39, 0.29) is 0 Å². The number of anilines is 1. The van der Waals surface area contributed by atoms with Gasteiger partial charge in [0.2, 0.25) is 0 Å². The molecule has 0 aliphatic carbocycles. The molecule has 62 valence electrons. The average Bonchev–Trinajstić information content (AvgIpc) is 2.52. The first-order valence-corrected chi connectivity index (χ1v) is 4.54. The Kier molecular flexibility index (Phi) is 3.32. The lowest BCUT2D eigenvalue weighted by atomic mass is 10.2. The van der Waals surface area contributed by atoms with Crippen molar-refractivity contribution in [2.75, 3.05) is 18.4 Å². The largest absolute Gasteiger partial charge is 0.361 e. The van der Waals surface area contributed by atoms with Crippen LogP contribution in [0.1, 0.15) is 6.92 Å². The van der Waals surface area contributed by atoms with Crippen LogP contribution in [0.4, 0.5) is 5.13 Å². The van der Waals surface area contributed by atoms with E-state index >= 15 is 0 Å². The van der Waals surface area contributed by atoms with E-state index < -0.39 is 0 Å². The number of nitrogens with zero attached hydrogens (tertiary/aromatic N) is 1. The Hall–Kier alpha value is -0.610. The van der Waals surface area contributed by atoms with Crippen molar-refractivity contribution in [1.29, 1.82) is 0 Å². The summed E-state index contributed by atoms with van der Waals surface area (Å²) in [7, 11) is 0. The van der Waals surface area contributed by atoms with Gasteiger partial charge in [0.25, 0.3) is 0 Å². The third kappa shape index (κ3) is 2.86. The fourth-order valence-electron chi connectivity index (χ4n) is 0.656. The first kappa shape index (κ1) is 8.49. The molecule has 0 spiro atoms. The van der Waals surface area contributed by atoms with Crippen LogP contribution >= 0.6 is 11.3 Å². The highest BCUT2D eigenvalue weighted by molar-refractivity contribution is 7.13. The molecule has 0 amide bonds. The highest BCUT2D eigenvalue weighted by Gasteiger charge is 1.98. The summed E-state index contributed by atoms with van der Waals surface area (Å²) in [5, 5.41) is 6.13. The molecule has 1 aromatic rings. The zero-order valence-electron chi connectivity index (χ0n) is 6.58. The molecule has 0 bridgehead atoms. The summed E-state index contributed by atoms with van der Waals surface area (Å²) in [4.78, 5) is 4.09. The molecular formula is C7H13N3S. The van der Waals surface area contributed by atoms with E-state index in [1.165, 1.54) is 0 Å². The third-order valence-corrected chi connectivity index (χ3v) is 2.17. The van der Waals surface area contributed by atoms with Crippen molar-refractivity contribution in [2.24, 2.45) is 11.7 Å². The first-order valence-electron chi connectivity index (χ1n) is 3.66. The zero-order valence-corrected chi connectivity index (χ0v) is 7.40. The van der Waals surface area contributed by atoms with E-state index in [1.807, 2.05) is 5.38 Å². The van der Waals surface area contributed by atoms with Crippen LogP contribution in [0.2, 0.25) is 0 Å². The molecular weight excluding hydrogens is 158 g/mol. The van der Waals surface area contributed by atoms with Gasteiger partial charge in [-0.05, 0) is 12.5 Å². The Balaban J connectivity index is 2.23. The summed E-state index contributed by atoms with van der Waals surface area (Å²) in [5.41, 5.74) is 5.45. The molecule has 1 aromatic heterocycles. The zero-order chi connectivity index (χ0) is 8.10. The van der Waals surface area contributed by atoms with E-state index in [0.717, 1.165) is 18.2 Å². The lowest BCUT2D eigenvalue weighted by Crippen LogP contribution is -2.19. The molecule has 3 nitrogen and oxygen atoms in total. The number of nitrogens with one attached hydrogen (secondary N) is 1. The van der Waals surface area contributed by atoms with Gasteiger partial charge in [-0.15, -0.1) is 11.3 Å². The fraction of sp³-hybridized carbons (Fsp3) is 0.571. The van der Waals surface area contributed by atoms with Crippen molar-refractivity contribution in [2.45, 2.75) is 6.92 Å². The lowest BCUT2D eigenvalue weighted by molar-refractivity contribution is 0.628. The van der Waals surface area contributed by atoms with E-state index in [0.29, 0.717) is 5.92 Å². The van der Waals surface area contributed by atoms with Gasteiger partial charge in [0.15, 0.2) is 5.13 Å². The minimum absolute atomic E-state index is 0.513. The number of aromatic nitrogens is 1. The standard InChI is InChI=1S/C7H13N3S/c1-6(4-8)5-10-7-9-2-3-11-7/h2-3,6H,4-5,8H2,1H3,(H,9,10). The van der Waals surface area contributed by atoms with Gasteiger partial charge in [-0.1, -0.05) is 6.92 Å². The molecule has 0 radical (unpaired) electrons. The minimum Gasteiger partial charge on any atom is -0.361 e. The van der Waals surface area contributed by atoms with Gasteiger partial charge in [-0.25, -0.2) is 4.98 Å². The second-order valence-corrected chi connectivity index (χ2v) is 3.45. The summed E-state index contributed by atoms with van der Waals surface area (Å²) in [6.45, 7) is 3.74. The van der Waals surface area contributed by atoms with Crippen LogP contribution in [0.25, 0.3) is 0 Å². The van der Waals surface area contributed by atoms with Crippen molar-refractivity contribution in [3.8, 4) is 0 Å². The van der Waals surface area contributed by atoms with E-state index in [4.69, 9.17) is 5.73 Å². The third-order valence-electron chi connectivity index (χ3n) is 1.44. The molecule has 1 rings (SSSR count). The Morgan fingerprint density at radius 2 is 2.64 bits per heavy atom. The second-order valence-electron chi connectivity index (χ2n) is 2.56. The Morgan fingerprint density at radius 1 is 1.82 bits per heavy atom. The van der Waals surface area contributed by atoms with E-state index in [9.17, 15) is 0 Å². The van der Waals surface area contributed by atoms with Crippen LogP contribution in [0.3, 0.4) is 0 Å². The number of nitrogens with two attached hydrogens (primary N) is 1. The molecule has 0 aliphatic rings. The first-order chi connectivity index (χ1) is 5.33. The van der Waals surface area contributed by atoms with Crippen LogP contribution in [0.5, 0.6) is 0 Å². The summed E-state index contributed by atoms with van der Waals surface area (Å²) in [6.07, 6.45) is 1.79. The van der Waals surface area contributed by atoms with Gasteiger partial charge in [0.05, 0.1) is 0 Å². The number of rotatable bonds is 4. The molecule has 11 heavy (non-hydrogen) atoms. The summed E-state index contributed by atoms with van der Waals surface area (Å²) in [6, 6.07) is 0. The number of hydrogen-bond donors (Lipinski definition) is 2. The molecule has 0 aliphatic heterocycles. The molecule has 0 aromatic carbocycles. The van der Waals surface area contributed by atoms with Gasteiger partial charge < -0.3 is 11.1 Å². The molecule has 4 heteroatoms. The van der Waals surface area contributed by atoms with Crippen molar-refractivity contribution in [3.63, 3.8) is 0 Å². The van der Waals surface area contributed by atoms with Crippen molar-refractivity contribution in [1.82, 2.24) is 4.98 Å². The summed E-state index contributed by atoms with van der Waals surface area (Å²) >= 11 is 1.61. The van der Waals surface area contributed by atoms with Gasteiger partial charge >= 0.3 is 0 Å². The van der Waals surface area contributed by atoms with Crippen molar-refractivity contribution in [3.05, 3.63) is 11.6 Å². The minimum atomic E-state index is 0.513. The van der Waals surface area contributed by atoms with Crippen molar-refractivity contribution >= 4 is 16.5 Å². The van der Waals surface area contributed by atoms with Crippen molar-refractivity contribution < 1.29 is 0 Å². The van der Waals surface area contributed by atoms with Crippen LogP contribution < -0.4 is 11.1 Å². The van der Waals surface area contributed by atoms with E-state index in [2.05, 4.69) is 17.2 Å². The Labute approximate surface area is 70.6 Å². The van der Waals surface area contributed by atoms with Crippen LogP contribution in [0, 0.1) is 5.92 Å². The quantitative estimate of drug-likeness (QED) is 0.714. The summed E-state index contributed by atoms with van der Waals surface area (Å²) in [5.74, 6) is 0.513. The fourth-order valence-corrected chi connectivity index (χ4v) is 1.19. The Bertz CT molecular complexity index is 186. The predicted molar refractivity (Wildman–Crippen MR) is 48.8 cm³/mol. The smallest absolute Gasteiger partial charge is 0.182 e. The average molecular weight is 171 g/mol. The molecule has 1 unspecified atom stereocenters. The highest BCUT2D eigenvalue weighted by atomic mass is 32.1. The van der Waals surface area contributed by atoms with Crippen LogP contribution in [-0.4, -0.2) is 18.1 Å². The molecule has 1 atom stereocenters. The maximum absolute atomic E-state index is 5.45. The van der Waals surface area contributed by atoms with Crippen LogP contribution in [-0.2, 0) is 0 Å². The predicted octanol–water partition coefficient (Wildman–Crippen LogP) is 1.15. The van der Waals surface area contributed by atoms with Gasteiger partial charge in [-0.3, -0.25) is 0 Å². The Morgan fingerprint density at radius 3 is 3.18 bits per heavy atom. The van der Waals surface area contributed by atoms with E-state index in [1.54, 1.807) is 17.5 Å². The molecule has 0 saturated heterocycles. The summed E-state index contributed by atoms with van der Waals surface area (Å²) < 4.78 is 0. The molecule has 1 heterocycles. The number of thiazole rings is 1. The molecule has 3 N–H and O–H groups in total. The SMILES string of the molecule is CC(CN)CNc1nccs1. The second kappa shape index (κ2) is 4.31. The molecule has 0 saturated carbocycles. The maximum atomic E-state index is 5.45. The molecule has 0 fully saturated rings. The van der Waals surface area contributed by atoms with Crippen LogP contribution in [0.15, 0.2) is 11.6 Å². The number of hydrogen-bond acceptors (Lipinski definition) is 4. The maximum Gasteiger partial charge on any atom is 0.182 e. The van der Waals surface area contributed by atoms with Gasteiger partial charge in [-0.2, -0.15) is 0 Å². The normalized spacial score (nSPS) is 12.9. The monoisotopic (exact) mass is 171 g/mol. The lowest BCUT2D eigenvalue weighted by Gasteiger charge is -2.07. The van der Waals surface area contributed by atoms with Gasteiger partial charge in [0.1, 0.15) is 0 Å².